The van der Waals surface area contributed by atoms with Crippen LogP contribution in [0.3, 0.4) is 0 Å². The molecule has 1 atom stereocenters. The molecule has 1 N–H and O–H groups in total. The first-order valence-electron chi connectivity index (χ1n) is 9.23. The number of alkyl halides is 3. The minimum atomic E-state index is -4.56. The summed E-state index contributed by atoms with van der Waals surface area (Å²) in [5.74, 6) is 0.659. The van der Waals surface area contributed by atoms with Gasteiger partial charge in [-0.2, -0.15) is 18.3 Å². The lowest BCUT2D eigenvalue weighted by molar-refractivity contribution is -0.141. The number of nitrogens with zero attached hydrogens (tertiary/aromatic N) is 5. The summed E-state index contributed by atoms with van der Waals surface area (Å²) in [4.78, 5) is 24.4. The normalized spacial score (nSPS) is 15.7. The van der Waals surface area contributed by atoms with Crippen LogP contribution in [0.4, 0.5) is 13.2 Å². The summed E-state index contributed by atoms with van der Waals surface area (Å²) in [6.45, 7) is 2.74. The molecule has 0 saturated carbocycles. The van der Waals surface area contributed by atoms with Crippen LogP contribution in [0.25, 0.3) is 11.4 Å². The fourth-order valence-electron chi connectivity index (χ4n) is 3.16. The Kier molecular flexibility index (Phi) is 5.10. The standard InChI is InChI=1S/C19H17F3N6O2/c1-2-30-15-10-12(4-7-24-15)18(29)25-13-5-8-28-17(13)26-16(27-28)11-3-6-23-14(9-11)19(20,21)22/h3-4,6-7,9-10,13H,2,5,8H2,1H3,(H,25,29)/t13-/m0/s1. The van der Waals surface area contributed by atoms with Gasteiger partial charge in [0.2, 0.25) is 5.88 Å². The van der Waals surface area contributed by atoms with Gasteiger partial charge < -0.3 is 10.1 Å². The number of amides is 1. The molecule has 0 bridgehead atoms. The Morgan fingerprint density at radius 2 is 2.07 bits per heavy atom. The molecule has 156 valence electrons. The molecule has 3 aromatic rings. The van der Waals surface area contributed by atoms with Crippen molar-refractivity contribution < 1.29 is 22.7 Å². The number of fused-ring (bicyclic) bond motifs is 1. The Labute approximate surface area is 169 Å². The monoisotopic (exact) mass is 418 g/mol. The van der Waals surface area contributed by atoms with Crippen LogP contribution in [0.5, 0.6) is 5.88 Å². The van der Waals surface area contributed by atoms with Gasteiger partial charge in [-0.25, -0.2) is 14.6 Å². The van der Waals surface area contributed by atoms with Crippen LogP contribution >= 0.6 is 0 Å². The molecule has 11 heteroatoms. The summed E-state index contributed by atoms with van der Waals surface area (Å²) in [7, 11) is 0. The van der Waals surface area contributed by atoms with E-state index in [0.717, 1.165) is 12.3 Å². The predicted octanol–water partition coefficient (Wildman–Crippen LogP) is 3.03. The van der Waals surface area contributed by atoms with E-state index in [1.807, 2.05) is 6.92 Å². The van der Waals surface area contributed by atoms with Crippen LogP contribution in [0, 0.1) is 0 Å². The topological polar surface area (TPSA) is 94.8 Å². The molecule has 1 aliphatic rings. The lowest BCUT2D eigenvalue weighted by Gasteiger charge is -2.11. The summed E-state index contributed by atoms with van der Waals surface area (Å²) in [5.41, 5.74) is -0.419. The molecule has 0 spiro atoms. The zero-order valence-electron chi connectivity index (χ0n) is 15.8. The van der Waals surface area contributed by atoms with Crippen molar-refractivity contribution in [3.05, 3.63) is 53.7 Å². The summed E-state index contributed by atoms with van der Waals surface area (Å²) >= 11 is 0. The van der Waals surface area contributed by atoms with Gasteiger partial charge in [-0.3, -0.25) is 9.78 Å². The van der Waals surface area contributed by atoms with E-state index in [4.69, 9.17) is 4.74 Å². The van der Waals surface area contributed by atoms with Gasteiger partial charge in [0, 0.05) is 36.1 Å². The molecule has 4 heterocycles. The van der Waals surface area contributed by atoms with Gasteiger partial charge in [-0.1, -0.05) is 0 Å². The number of carbonyl (C=O) groups is 1. The number of hydrogen-bond donors (Lipinski definition) is 1. The van der Waals surface area contributed by atoms with Crippen molar-refractivity contribution >= 4 is 5.91 Å². The molecule has 0 aliphatic carbocycles. The summed E-state index contributed by atoms with van der Waals surface area (Å²) in [6.07, 6.45) is -1.42. The van der Waals surface area contributed by atoms with Crippen LogP contribution in [-0.2, 0) is 12.7 Å². The molecular formula is C19H17F3N6O2. The van der Waals surface area contributed by atoms with E-state index >= 15 is 0 Å². The predicted molar refractivity (Wildman–Crippen MR) is 98.5 cm³/mol. The van der Waals surface area contributed by atoms with Crippen molar-refractivity contribution in [2.75, 3.05) is 6.61 Å². The van der Waals surface area contributed by atoms with Crippen LogP contribution in [0.2, 0.25) is 0 Å². The summed E-state index contributed by atoms with van der Waals surface area (Å²) in [5, 5.41) is 7.17. The Bertz CT molecular complexity index is 1080. The van der Waals surface area contributed by atoms with Crippen molar-refractivity contribution in [2.45, 2.75) is 32.1 Å². The number of hydrogen-bond acceptors (Lipinski definition) is 6. The minimum absolute atomic E-state index is 0.152. The lowest BCUT2D eigenvalue weighted by Crippen LogP contribution is -2.27. The van der Waals surface area contributed by atoms with Gasteiger partial charge in [-0.15, -0.1) is 0 Å². The Hall–Kier alpha value is -3.50. The van der Waals surface area contributed by atoms with E-state index < -0.39 is 17.9 Å². The number of ether oxygens (including phenoxy) is 1. The van der Waals surface area contributed by atoms with E-state index in [1.54, 1.807) is 16.8 Å². The molecule has 0 radical (unpaired) electrons. The Balaban J connectivity index is 1.54. The maximum atomic E-state index is 12.9. The number of pyridine rings is 2. The van der Waals surface area contributed by atoms with Gasteiger partial charge in [0.15, 0.2) is 5.82 Å². The zero-order chi connectivity index (χ0) is 21.3. The van der Waals surface area contributed by atoms with E-state index in [2.05, 4.69) is 25.4 Å². The number of carbonyl (C=O) groups excluding carboxylic acids is 1. The molecule has 30 heavy (non-hydrogen) atoms. The second-order valence-electron chi connectivity index (χ2n) is 6.57. The van der Waals surface area contributed by atoms with Crippen molar-refractivity contribution in [1.82, 2.24) is 30.0 Å². The SMILES string of the molecule is CCOc1cc(C(=O)N[C@H]2CCn3nc(-c4ccnc(C(F)(F)F)c4)nc32)ccn1. The smallest absolute Gasteiger partial charge is 0.433 e. The number of nitrogens with one attached hydrogen (secondary N) is 1. The Morgan fingerprint density at radius 3 is 2.83 bits per heavy atom. The second kappa shape index (κ2) is 7.73. The second-order valence-corrected chi connectivity index (χ2v) is 6.57. The van der Waals surface area contributed by atoms with E-state index in [1.165, 1.54) is 12.3 Å². The number of aromatic nitrogens is 5. The van der Waals surface area contributed by atoms with Crippen LogP contribution < -0.4 is 10.1 Å². The van der Waals surface area contributed by atoms with E-state index in [-0.39, 0.29) is 17.3 Å². The molecule has 8 nitrogen and oxygen atoms in total. The van der Waals surface area contributed by atoms with Gasteiger partial charge in [0.25, 0.3) is 5.91 Å². The third kappa shape index (κ3) is 3.95. The van der Waals surface area contributed by atoms with Gasteiger partial charge >= 0.3 is 6.18 Å². The molecular weight excluding hydrogens is 401 g/mol. The summed E-state index contributed by atoms with van der Waals surface area (Å²) in [6, 6.07) is 5.02. The third-order valence-corrected chi connectivity index (χ3v) is 4.54. The van der Waals surface area contributed by atoms with E-state index in [0.29, 0.717) is 36.8 Å². The van der Waals surface area contributed by atoms with Gasteiger partial charge in [0.05, 0.1) is 12.6 Å². The molecule has 0 fully saturated rings. The van der Waals surface area contributed by atoms with Gasteiger partial charge in [0.1, 0.15) is 11.5 Å². The van der Waals surface area contributed by atoms with E-state index in [9.17, 15) is 18.0 Å². The molecule has 3 aromatic heterocycles. The molecule has 0 saturated heterocycles. The number of rotatable bonds is 5. The summed E-state index contributed by atoms with van der Waals surface area (Å²) < 4.78 is 45.7. The first-order valence-corrected chi connectivity index (χ1v) is 9.23. The largest absolute Gasteiger partial charge is 0.478 e. The first kappa shape index (κ1) is 19.8. The highest BCUT2D eigenvalue weighted by Crippen LogP contribution is 2.31. The zero-order valence-corrected chi connectivity index (χ0v) is 15.8. The van der Waals surface area contributed by atoms with Crippen molar-refractivity contribution in [1.29, 1.82) is 0 Å². The molecule has 1 aliphatic heterocycles. The highest BCUT2D eigenvalue weighted by Gasteiger charge is 2.33. The lowest BCUT2D eigenvalue weighted by atomic mass is 10.2. The molecule has 1 amide bonds. The minimum Gasteiger partial charge on any atom is -0.478 e. The maximum Gasteiger partial charge on any atom is 0.433 e. The fraction of sp³-hybridized carbons (Fsp3) is 0.316. The third-order valence-electron chi connectivity index (χ3n) is 4.54. The van der Waals surface area contributed by atoms with Crippen molar-refractivity contribution in [2.24, 2.45) is 0 Å². The average molecular weight is 418 g/mol. The highest BCUT2D eigenvalue weighted by atomic mass is 19.4. The van der Waals surface area contributed by atoms with Crippen LogP contribution in [-0.4, -0.2) is 37.2 Å². The van der Waals surface area contributed by atoms with Gasteiger partial charge in [-0.05, 0) is 31.5 Å². The fourth-order valence-corrected chi connectivity index (χ4v) is 3.16. The Morgan fingerprint density at radius 1 is 1.27 bits per heavy atom. The molecule has 0 aromatic carbocycles. The molecule has 0 unspecified atom stereocenters. The number of halogens is 3. The first-order chi connectivity index (χ1) is 14.3. The van der Waals surface area contributed by atoms with Crippen LogP contribution in [0.15, 0.2) is 36.7 Å². The molecule has 4 rings (SSSR count). The highest BCUT2D eigenvalue weighted by molar-refractivity contribution is 5.94. The van der Waals surface area contributed by atoms with Crippen molar-refractivity contribution in [3.63, 3.8) is 0 Å². The van der Waals surface area contributed by atoms with Crippen LogP contribution in [0.1, 0.15) is 41.3 Å². The van der Waals surface area contributed by atoms with Crippen molar-refractivity contribution in [3.8, 4) is 17.3 Å². The quantitative estimate of drug-likeness (QED) is 0.685. The maximum absolute atomic E-state index is 12.9. The average Bonchev–Trinajstić information content (AvgIpc) is 3.30. The number of aryl methyl sites for hydroxylation is 1.